The standard InChI is InChI=1S/C13H22N2O3/c1-13(2)6-7-15(8-13)12(18)14-10-5-3-4-9(10)11(16)17/h9-10H,3-8H2,1-2H3,(H,14,18)(H,16,17). The number of carboxylic acids is 1. The zero-order chi connectivity index (χ0) is 13.3. The van der Waals surface area contributed by atoms with Gasteiger partial charge in [0.25, 0.3) is 0 Å². The highest BCUT2D eigenvalue weighted by molar-refractivity contribution is 5.77. The van der Waals surface area contributed by atoms with Gasteiger partial charge in [-0.1, -0.05) is 20.3 Å². The van der Waals surface area contributed by atoms with Gasteiger partial charge in [0, 0.05) is 19.1 Å². The molecule has 0 aromatic heterocycles. The lowest BCUT2D eigenvalue weighted by Gasteiger charge is -2.24. The van der Waals surface area contributed by atoms with Crippen LogP contribution in [0, 0.1) is 11.3 Å². The van der Waals surface area contributed by atoms with Gasteiger partial charge in [-0.3, -0.25) is 4.79 Å². The fourth-order valence-corrected chi connectivity index (χ4v) is 2.96. The van der Waals surface area contributed by atoms with Crippen LogP contribution in [0.5, 0.6) is 0 Å². The van der Waals surface area contributed by atoms with Gasteiger partial charge in [0.1, 0.15) is 0 Å². The molecule has 1 aliphatic carbocycles. The van der Waals surface area contributed by atoms with Crippen LogP contribution in [0.15, 0.2) is 0 Å². The molecular formula is C13H22N2O3. The number of carbonyl (C=O) groups is 2. The van der Waals surface area contributed by atoms with Crippen LogP contribution in [0.1, 0.15) is 39.5 Å². The van der Waals surface area contributed by atoms with Crippen molar-refractivity contribution in [2.45, 2.75) is 45.6 Å². The monoisotopic (exact) mass is 254 g/mol. The highest BCUT2D eigenvalue weighted by Gasteiger charge is 2.37. The Morgan fingerprint density at radius 2 is 2.06 bits per heavy atom. The van der Waals surface area contributed by atoms with E-state index in [1.54, 1.807) is 4.90 Å². The van der Waals surface area contributed by atoms with Crippen molar-refractivity contribution in [1.82, 2.24) is 10.2 Å². The van der Waals surface area contributed by atoms with Gasteiger partial charge >= 0.3 is 12.0 Å². The summed E-state index contributed by atoms with van der Waals surface area (Å²) < 4.78 is 0. The SMILES string of the molecule is CC1(C)CCN(C(=O)NC2CCCC2C(=O)O)C1. The first-order valence-electron chi connectivity index (χ1n) is 6.67. The van der Waals surface area contributed by atoms with E-state index >= 15 is 0 Å². The summed E-state index contributed by atoms with van der Waals surface area (Å²) in [6.07, 6.45) is 3.34. The smallest absolute Gasteiger partial charge is 0.317 e. The van der Waals surface area contributed by atoms with E-state index in [9.17, 15) is 9.59 Å². The van der Waals surface area contributed by atoms with E-state index in [1.807, 2.05) is 0 Å². The first-order chi connectivity index (χ1) is 8.39. The molecule has 0 radical (unpaired) electrons. The summed E-state index contributed by atoms with van der Waals surface area (Å²) in [5.41, 5.74) is 0.180. The van der Waals surface area contributed by atoms with Gasteiger partial charge in [0.2, 0.25) is 0 Å². The number of nitrogens with one attached hydrogen (secondary N) is 1. The molecule has 0 aromatic rings. The minimum Gasteiger partial charge on any atom is -0.481 e. The predicted molar refractivity (Wildman–Crippen MR) is 67.3 cm³/mol. The van der Waals surface area contributed by atoms with E-state index < -0.39 is 11.9 Å². The quantitative estimate of drug-likeness (QED) is 0.787. The zero-order valence-corrected chi connectivity index (χ0v) is 11.1. The van der Waals surface area contributed by atoms with Crippen LogP contribution in [0.2, 0.25) is 0 Å². The first kappa shape index (κ1) is 13.2. The van der Waals surface area contributed by atoms with Gasteiger partial charge in [-0.15, -0.1) is 0 Å². The molecule has 18 heavy (non-hydrogen) atoms. The fraction of sp³-hybridized carbons (Fsp3) is 0.846. The van der Waals surface area contributed by atoms with Gasteiger partial charge in [-0.25, -0.2) is 4.79 Å². The average Bonchev–Trinajstić information content (AvgIpc) is 2.84. The number of hydrogen-bond acceptors (Lipinski definition) is 2. The number of nitrogens with zero attached hydrogens (tertiary/aromatic N) is 1. The third-order valence-electron chi connectivity index (χ3n) is 4.11. The van der Waals surface area contributed by atoms with E-state index in [0.29, 0.717) is 6.42 Å². The van der Waals surface area contributed by atoms with E-state index in [0.717, 1.165) is 32.4 Å². The Hall–Kier alpha value is -1.26. The van der Waals surface area contributed by atoms with Crippen molar-refractivity contribution in [2.24, 2.45) is 11.3 Å². The Morgan fingerprint density at radius 3 is 2.61 bits per heavy atom. The van der Waals surface area contributed by atoms with Gasteiger partial charge < -0.3 is 15.3 Å². The van der Waals surface area contributed by atoms with Crippen molar-refractivity contribution in [3.8, 4) is 0 Å². The molecule has 2 rings (SSSR count). The molecule has 2 unspecified atom stereocenters. The van der Waals surface area contributed by atoms with Gasteiger partial charge in [-0.05, 0) is 24.7 Å². The average molecular weight is 254 g/mol. The maximum atomic E-state index is 12.1. The lowest BCUT2D eigenvalue weighted by Crippen LogP contribution is -2.47. The van der Waals surface area contributed by atoms with Crippen molar-refractivity contribution in [2.75, 3.05) is 13.1 Å². The van der Waals surface area contributed by atoms with Gasteiger partial charge in [0.05, 0.1) is 5.92 Å². The Balaban J connectivity index is 1.90. The fourth-order valence-electron chi connectivity index (χ4n) is 2.96. The predicted octanol–water partition coefficient (Wildman–Crippen LogP) is 1.68. The van der Waals surface area contributed by atoms with Crippen molar-refractivity contribution < 1.29 is 14.7 Å². The molecule has 2 N–H and O–H groups in total. The van der Waals surface area contributed by atoms with Crippen LogP contribution < -0.4 is 5.32 Å². The third kappa shape index (κ3) is 2.76. The largest absolute Gasteiger partial charge is 0.481 e. The number of amides is 2. The second-order valence-corrected chi connectivity index (χ2v) is 6.27. The van der Waals surface area contributed by atoms with Crippen LogP contribution in [-0.2, 0) is 4.79 Å². The molecule has 0 aromatic carbocycles. The van der Waals surface area contributed by atoms with Crippen molar-refractivity contribution >= 4 is 12.0 Å². The highest BCUT2D eigenvalue weighted by atomic mass is 16.4. The molecular weight excluding hydrogens is 232 g/mol. The summed E-state index contributed by atoms with van der Waals surface area (Å²) in [6, 6.07) is -0.294. The lowest BCUT2D eigenvalue weighted by atomic mass is 9.93. The Kier molecular flexibility index (Phi) is 3.50. The van der Waals surface area contributed by atoms with Crippen LogP contribution in [0.3, 0.4) is 0 Å². The molecule has 1 saturated carbocycles. The summed E-state index contributed by atoms with van der Waals surface area (Å²) in [6.45, 7) is 5.82. The van der Waals surface area contributed by atoms with Gasteiger partial charge in [0.15, 0.2) is 0 Å². The molecule has 2 amide bonds. The summed E-state index contributed by atoms with van der Waals surface area (Å²) in [5.74, 6) is -1.20. The van der Waals surface area contributed by atoms with Crippen LogP contribution >= 0.6 is 0 Å². The van der Waals surface area contributed by atoms with Crippen molar-refractivity contribution in [1.29, 1.82) is 0 Å². The molecule has 1 saturated heterocycles. The number of hydrogen-bond donors (Lipinski definition) is 2. The number of urea groups is 1. The molecule has 0 spiro atoms. The Bertz CT molecular complexity index is 354. The lowest BCUT2D eigenvalue weighted by molar-refractivity contribution is -0.142. The molecule has 2 aliphatic rings. The summed E-state index contributed by atoms with van der Waals surface area (Å²) in [5, 5.41) is 12.0. The number of rotatable bonds is 2. The van der Waals surface area contributed by atoms with Crippen LogP contribution in [-0.4, -0.2) is 41.1 Å². The second kappa shape index (κ2) is 4.78. The Labute approximate surface area is 108 Å². The molecule has 2 fully saturated rings. The maximum Gasteiger partial charge on any atom is 0.317 e. The van der Waals surface area contributed by atoms with Gasteiger partial charge in [-0.2, -0.15) is 0 Å². The molecule has 102 valence electrons. The number of carbonyl (C=O) groups excluding carboxylic acids is 1. The van der Waals surface area contributed by atoms with Crippen molar-refractivity contribution in [3.63, 3.8) is 0 Å². The summed E-state index contributed by atoms with van der Waals surface area (Å²) in [7, 11) is 0. The van der Waals surface area contributed by atoms with E-state index in [-0.39, 0.29) is 17.5 Å². The highest BCUT2D eigenvalue weighted by Crippen LogP contribution is 2.30. The van der Waals surface area contributed by atoms with E-state index in [1.165, 1.54) is 0 Å². The summed E-state index contributed by atoms with van der Waals surface area (Å²) >= 11 is 0. The first-order valence-corrected chi connectivity index (χ1v) is 6.67. The Morgan fingerprint density at radius 1 is 1.33 bits per heavy atom. The maximum absolute atomic E-state index is 12.1. The molecule has 2 atom stereocenters. The molecule has 1 heterocycles. The van der Waals surface area contributed by atoms with E-state index in [4.69, 9.17) is 5.11 Å². The third-order valence-corrected chi connectivity index (χ3v) is 4.11. The normalized spacial score (nSPS) is 30.4. The minimum absolute atomic E-state index is 0.0984. The molecule has 5 heteroatoms. The van der Waals surface area contributed by atoms with Crippen molar-refractivity contribution in [3.05, 3.63) is 0 Å². The topological polar surface area (TPSA) is 69.6 Å². The van der Waals surface area contributed by atoms with Crippen LogP contribution in [0.4, 0.5) is 4.79 Å². The summed E-state index contributed by atoms with van der Waals surface area (Å²) in [4.78, 5) is 24.9. The number of carboxylic acid groups (broad SMARTS) is 1. The zero-order valence-electron chi connectivity index (χ0n) is 11.1. The second-order valence-electron chi connectivity index (χ2n) is 6.27. The van der Waals surface area contributed by atoms with Crippen LogP contribution in [0.25, 0.3) is 0 Å². The minimum atomic E-state index is -0.792. The number of aliphatic carboxylic acids is 1. The molecule has 1 aliphatic heterocycles. The molecule has 5 nitrogen and oxygen atoms in total. The van der Waals surface area contributed by atoms with E-state index in [2.05, 4.69) is 19.2 Å². The number of likely N-dealkylation sites (tertiary alicyclic amines) is 1. The molecule has 0 bridgehead atoms.